The number of halogens is 1. The molecule has 148 valence electrons. The molecule has 0 atom stereocenters. The van der Waals surface area contributed by atoms with Crippen LogP contribution in [0.4, 0.5) is 5.95 Å². The lowest BCUT2D eigenvalue weighted by Gasteiger charge is -2.36. The molecule has 9 heteroatoms. The van der Waals surface area contributed by atoms with Gasteiger partial charge in [0.05, 0.1) is 19.4 Å². The smallest absolute Gasteiger partial charge is 0.225 e. The molecule has 0 bridgehead atoms. The fourth-order valence-electron chi connectivity index (χ4n) is 2.84. The third kappa shape index (κ3) is 6.65. The first kappa shape index (κ1) is 21.4. The molecular weight excluding hydrogens is 459 g/mol. The van der Waals surface area contributed by atoms with Crippen molar-refractivity contribution in [1.29, 1.82) is 0 Å². The minimum Gasteiger partial charge on any atom is -0.469 e. The van der Waals surface area contributed by atoms with Crippen LogP contribution in [0.2, 0.25) is 0 Å². The Morgan fingerprint density at radius 1 is 1.22 bits per heavy atom. The summed E-state index contributed by atoms with van der Waals surface area (Å²) in [6, 6.07) is 5.74. The fourth-order valence-corrected chi connectivity index (χ4v) is 2.84. The van der Waals surface area contributed by atoms with Crippen LogP contribution in [0.15, 0.2) is 46.3 Å². The number of hydrogen-bond acceptors (Lipinski definition) is 6. The number of methoxy groups -OCH3 is 1. The molecule has 1 fully saturated rings. The van der Waals surface area contributed by atoms with Gasteiger partial charge in [-0.2, -0.15) is 0 Å². The first-order valence-electron chi connectivity index (χ1n) is 8.93. The zero-order chi connectivity index (χ0) is 18.0. The van der Waals surface area contributed by atoms with E-state index in [2.05, 4.69) is 30.1 Å². The molecule has 1 saturated heterocycles. The molecule has 1 aliphatic rings. The first-order chi connectivity index (χ1) is 12.9. The Hall–Kier alpha value is -1.88. The molecular formula is C18H27IN6O2. The Bertz CT molecular complexity index is 660. The minimum atomic E-state index is 0. The Morgan fingerprint density at radius 2 is 2.00 bits per heavy atom. The van der Waals surface area contributed by atoms with E-state index in [9.17, 15) is 0 Å². The lowest BCUT2D eigenvalue weighted by molar-refractivity contribution is 0.207. The minimum absolute atomic E-state index is 0. The monoisotopic (exact) mass is 486 g/mol. The van der Waals surface area contributed by atoms with Crippen molar-refractivity contribution < 1.29 is 9.15 Å². The van der Waals surface area contributed by atoms with Crippen molar-refractivity contribution in [2.24, 2.45) is 4.99 Å². The lowest BCUT2D eigenvalue weighted by atomic mass is 10.3. The van der Waals surface area contributed by atoms with E-state index in [4.69, 9.17) is 9.15 Å². The highest BCUT2D eigenvalue weighted by atomic mass is 127. The highest BCUT2D eigenvalue weighted by Crippen LogP contribution is 2.10. The van der Waals surface area contributed by atoms with Gasteiger partial charge in [-0.1, -0.05) is 0 Å². The van der Waals surface area contributed by atoms with Crippen molar-refractivity contribution >= 4 is 35.9 Å². The molecule has 0 amide bonds. The van der Waals surface area contributed by atoms with Gasteiger partial charge in [-0.3, -0.25) is 4.99 Å². The van der Waals surface area contributed by atoms with Gasteiger partial charge in [0.2, 0.25) is 5.95 Å². The molecule has 1 N–H and O–H groups in total. The van der Waals surface area contributed by atoms with Crippen molar-refractivity contribution in [2.75, 3.05) is 57.9 Å². The van der Waals surface area contributed by atoms with E-state index >= 15 is 0 Å². The molecule has 3 heterocycles. The standard InChI is InChI=1S/C18H26N6O2.HI/c1-25-15-9-22-18(21-8-5-16-4-2-14-26-16)24-12-10-23(11-13-24)17-19-6-3-7-20-17;/h2-4,6-7,14H,5,8-13,15H2,1H3,(H,21,22);1H. The van der Waals surface area contributed by atoms with E-state index in [1.54, 1.807) is 25.8 Å². The van der Waals surface area contributed by atoms with E-state index < -0.39 is 0 Å². The SMILES string of the molecule is COCCN=C(NCCc1ccco1)N1CCN(c2ncccn2)CC1.I. The molecule has 1 aliphatic heterocycles. The number of rotatable bonds is 7. The molecule has 0 aromatic carbocycles. The summed E-state index contributed by atoms with van der Waals surface area (Å²) >= 11 is 0. The van der Waals surface area contributed by atoms with Gasteiger partial charge in [-0.05, 0) is 18.2 Å². The van der Waals surface area contributed by atoms with Crippen LogP contribution in [0, 0.1) is 0 Å². The number of hydrogen-bond donors (Lipinski definition) is 1. The van der Waals surface area contributed by atoms with Crippen LogP contribution < -0.4 is 10.2 Å². The third-order valence-corrected chi connectivity index (χ3v) is 4.21. The van der Waals surface area contributed by atoms with Gasteiger partial charge in [0, 0.05) is 58.6 Å². The average Bonchev–Trinajstić information content (AvgIpc) is 3.21. The van der Waals surface area contributed by atoms with E-state index in [-0.39, 0.29) is 24.0 Å². The molecule has 27 heavy (non-hydrogen) atoms. The van der Waals surface area contributed by atoms with Crippen LogP contribution in [0.3, 0.4) is 0 Å². The molecule has 0 aliphatic carbocycles. The molecule has 0 saturated carbocycles. The summed E-state index contributed by atoms with van der Waals surface area (Å²) < 4.78 is 10.5. The van der Waals surface area contributed by atoms with Crippen molar-refractivity contribution in [3.8, 4) is 0 Å². The average molecular weight is 486 g/mol. The van der Waals surface area contributed by atoms with Crippen molar-refractivity contribution in [3.05, 3.63) is 42.6 Å². The Labute approximate surface area is 177 Å². The molecule has 2 aromatic heterocycles. The van der Waals surface area contributed by atoms with Crippen molar-refractivity contribution in [3.63, 3.8) is 0 Å². The summed E-state index contributed by atoms with van der Waals surface area (Å²) in [6.07, 6.45) is 6.09. The second kappa shape index (κ2) is 11.8. The van der Waals surface area contributed by atoms with Crippen molar-refractivity contribution in [2.45, 2.75) is 6.42 Å². The molecule has 0 unspecified atom stereocenters. The second-order valence-corrected chi connectivity index (χ2v) is 5.98. The van der Waals surface area contributed by atoms with Crippen LogP contribution in [0.1, 0.15) is 5.76 Å². The first-order valence-corrected chi connectivity index (χ1v) is 8.93. The van der Waals surface area contributed by atoms with Gasteiger partial charge in [-0.25, -0.2) is 9.97 Å². The lowest BCUT2D eigenvalue weighted by Crippen LogP contribution is -2.53. The van der Waals surface area contributed by atoms with E-state index in [1.807, 2.05) is 18.2 Å². The summed E-state index contributed by atoms with van der Waals surface area (Å²) in [7, 11) is 1.69. The maximum atomic E-state index is 5.39. The van der Waals surface area contributed by atoms with Crippen LogP contribution in [0.5, 0.6) is 0 Å². The third-order valence-electron chi connectivity index (χ3n) is 4.21. The summed E-state index contributed by atoms with van der Waals surface area (Å²) in [5.41, 5.74) is 0. The van der Waals surface area contributed by atoms with Gasteiger partial charge >= 0.3 is 0 Å². The van der Waals surface area contributed by atoms with Crippen LogP contribution in [0.25, 0.3) is 0 Å². The van der Waals surface area contributed by atoms with Crippen LogP contribution in [-0.2, 0) is 11.2 Å². The van der Waals surface area contributed by atoms with Crippen LogP contribution in [-0.4, -0.2) is 73.8 Å². The van der Waals surface area contributed by atoms with Gasteiger partial charge in [0.1, 0.15) is 5.76 Å². The number of furan rings is 1. The number of guanidine groups is 1. The molecule has 3 rings (SSSR count). The molecule has 0 spiro atoms. The number of nitrogens with zero attached hydrogens (tertiary/aromatic N) is 5. The predicted octanol–water partition coefficient (Wildman–Crippen LogP) is 1.64. The Morgan fingerprint density at radius 3 is 2.67 bits per heavy atom. The summed E-state index contributed by atoms with van der Waals surface area (Å²) in [4.78, 5) is 17.8. The van der Waals surface area contributed by atoms with Gasteiger partial charge in [-0.15, -0.1) is 24.0 Å². The van der Waals surface area contributed by atoms with Gasteiger partial charge < -0.3 is 24.3 Å². The van der Waals surface area contributed by atoms with Crippen molar-refractivity contribution in [1.82, 2.24) is 20.2 Å². The van der Waals surface area contributed by atoms with E-state index in [1.165, 1.54) is 0 Å². The highest BCUT2D eigenvalue weighted by molar-refractivity contribution is 14.0. The maximum Gasteiger partial charge on any atom is 0.225 e. The van der Waals surface area contributed by atoms with Crippen LogP contribution >= 0.6 is 24.0 Å². The van der Waals surface area contributed by atoms with E-state index in [0.717, 1.165) is 56.8 Å². The Kier molecular flexibility index (Phi) is 9.32. The quantitative estimate of drug-likeness (QED) is 0.276. The summed E-state index contributed by atoms with van der Waals surface area (Å²) in [5, 5.41) is 3.45. The zero-order valence-corrected chi connectivity index (χ0v) is 17.9. The summed E-state index contributed by atoms with van der Waals surface area (Å²) in [5.74, 6) is 2.68. The second-order valence-electron chi connectivity index (χ2n) is 5.98. The molecule has 2 aromatic rings. The zero-order valence-electron chi connectivity index (χ0n) is 15.6. The van der Waals surface area contributed by atoms with Gasteiger partial charge in [0.15, 0.2) is 5.96 Å². The number of piperazine rings is 1. The Balaban J connectivity index is 0.00000261. The summed E-state index contributed by atoms with van der Waals surface area (Å²) in [6.45, 7) is 5.51. The largest absolute Gasteiger partial charge is 0.469 e. The normalized spacial score (nSPS) is 14.8. The molecule has 0 radical (unpaired) electrons. The highest BCUT2D eigenvalue weighted by Gasteiger charge is 2.21. The van der Waals surface area contributed by atoms with E-state index in [0.29, 0.717) is 13.2 Å². The number of anilines is 1. The number of ether oxygens (including phenoxy) is 1. The number of nitrogens with one attached hydrogen (secondary N) is 1. The number of aromatic nitrogens is 2. The predicted molar refractivity (Wildman–Crippen MR) is 116 cm³/mol. The topological polar surface area (TPSA) is 79.0 Å². The number of aliphatic imine (C=N–C) groups is 1. The fraction of sp³-hybridized carbons (Fsp3) is 0.500. The maximum absolute atomic E-state index is 5.39. The molecule has 8 nitrogen and oxygen atoms in total. The van der Waals surface area contributed by atoms with Gasteiger partial charge in [0.25, 0.3) is 0 Å².